The first-order chi connectivity index (χ1) is 15.7. The third-order valence-electron chi connectivity index (χ3n) is 5.65. The zero-order valence-corrected chi connectivity index (χ0v) is 22.6. The monoisotopic (exact) mass is 507 g/mol. The van der Waals surface area contributed by atoms with Gasteiger partial charge in [0.1, 0.15) is 18.3 Å². The summed E-state index contributed by atoms with van der Waals surface area (Å²) in [5.74, 6) is -0.988. The number of benzene rings is 2. The van der Waals surface area contributed by atoms with Crippen LogP contribution < -0.4 is 29.6 Å². The van der Waals surface area contributed by atoms with E-state index in [4.69, 9.17) is 13.7 Å². The molecule has 0 amide bonds. The minimum atomic E-state index is -4.99. The fourth-order valence-corrected chi connectivity index (χ4v) is 6.14. The number of thioether (sulfide) groups is 1. The smallest absolute Gasteiger partial charge is 0.726 e. The first-order valence-electron chi connectivity index (χ1n) is 10.5. The molecule has 1 fully saturated rings. The second-order valence-electron chi connectivity index (χ2n) is 8.39. The molecular weight excluding hydrogens is 485 g/mol. The van der Waals surface area contributed by atoms with E-state index in [1.807, 2.05) is 60.7 Å². The SMILES string of the molecule is CC1(C)O[C@H]2[C@H](OS(=O)(=O)[O-])[C@@H](Sc3ccccn3)C=C(c3cccc4ccccc34)[C@H]2O1.[Na+]. The third kappa shape index (κ3) is 5.43. The van der Waals surface area contributed by atoms with Crippen LogP contribution in [0.4, 0.5) is 0 Å². The minimum absolute atomic E-state index is 0. The van der Waals surface area contributed by atoms with Crippen molar-refractivity contribution in [2.45, 2.75) is 48.2 Å². The van der Waals surface area contributed by atoms with Gasteiger partial charge in [-0.05, 0) is 47.9 Å². The standard InChI is InChI=1S/C24H23NO6S2.Na/c1-24(2)29-21-18(17-11-7-9-15-8-3-4-10-16(15)17)14-19(32-20-12-5-6-13-25-20)22(23(21)30-24)31-33(26,27)28;/h3-14,19,21-23H,1-2H3,(H,26,27,28);/q;+1/p-1/t19-,21+,22+,23+;/m0./s1. The van der Waals surface area contributed by atoms with E-state index in [9.17, 15) is 13.0 Å². The van der Waals surface area contributed by atoms with Crippen molar-refractivity contribution in [1.82, 2.24) is 4.98 Å². The average Bonchev–Trinajstić information content (AvgIpc) is 3.10. The summed E-state index contributed by atoms with van der Waals surface area (Å²) < 4.78 is 52.4. The Bertz CT molecular complexity index is 1310. The minimum Gasteiger partial charge on any atom is -0.726 e. The van der Waals surface area contributed by atoms with Gasteiger partial charge in [0, 0.05) is 6.20 Å². The number of fused-ring (bicyclic) bond motifs is 2. The normalized spacial score (nSPS) is 25.9. The van der Waals surface area contributed by atoms with E-state index in [-0.39, 0.29) is 29.6 Å². The molecule has 0 saturated carbocycles. The zero-order valence-electron chi connectivity index (χ0n) is 19.0. The van der Waals surface area contributed by atoms with Gasteiger partial charge in [-0.25, -0.2) is 13.4 Å². The Morgan fingerprint density at radius 2 is 1.76 bits per heavy atom. The first kappa shape index (κ1) is 25.8. The molecule has 0 unspecified atom stereocenters. The molecule has 2 aromatic carbocycles. The van der Waals surface area contributed by atoms with Gasteiger partial charge in [0.25, 0.3) is 0 Å². The molecule has 172 valence electrons. The molecule has 2 heterocycles. The second-order valence-corrected chi connectivity index (χ2v) is 10.6. The Kier molecular flexibility index (Phi) is 7.59. The molecule has 3 aromatic rings. The van der Waals surface area contributed by atoms with Gasteiger partial charge in [0.05, 0.1) is 10.3 Å². The first-order valence-corrected chi connectivity index (χ1v) is 12.7. The summed E-state index contributed by atoms with van der Waals surface area (Å²) >= 11 is 1.31. The van der Waals surface area contributed by atoms with Gasteiger partial charge in [-0.3, -0.25) is 4.18 Å². The summed E-state index contributed by atoms with van der Waals surface area (Å²) in [7, 11) is -4.99. The van der Waals surface area contributed by atoms with Gasteiger partial charge in [-0.15, -0.1) is 0 Å². The van der Waals surface area contributed by atoms with Gasteiger partial charge >= 0.3 is 29.6 Å². The van der Waals surface area contributed by atoms with Crippen LogP contribution in [0.25, 0.3) is 16.3 Å². The summed E-state index contributed by atoms with van der Waals surface area (Å²) in [5.41, 5.74) is 1.82. The van der Waals surface area contributed by atoms with E-state index in [2.05, 4.69) is 4.98 Å². The van der Waals surface area contributed by atoms with Gasteiger partial charge in [-0.1, -0.05) is 66.4 Å². The molecule has 0 bridgehead atoms. The molecule has 1 aliphatic heterocycles. The quantitative estimate of drug-likeness (QED) is 0.288. The summed E-state index contributed by atoms with van der Waals surface area (Å²) in [6.07, 6.45) is 1.08. The predicted octanol–water partition coefficient (Wildman–Crippen LogP) is 1.16. The van der Waals surface area contributed by atoms with Crippen LogP contribution in [0.3, 0.4) is 0 Å². The van der Waals surface area contributed by atoms with Gasteiger partial charge < -0.3 is 14.0 Å². The van der Waals surface area contributed by atoms with E-state index in [1.165, 1.54) is 11.8 Å². The molecule has 1 aromatic heterocycles. The van der Waals surface area contributed by atoms with Crippen molar-refractivity contribution >= 4 is 38.5 Å². The van der Waals surface area contributed by atoms with Crippen molar-refractivity contribution in [3.8, 4) is 0 Å². The molecule has 10 heteroatoms. The van der Waals surface area contributed by atoms with Crippen molar-refractivity contribution in [3.63, 3.8) is 0 Å². The predicted molar refractivity (Wildman–Crippen MR) is 124 cm³/mol. The molecule has 1 aliphatic carbocycles. The van der Waals surface area contributed by atoms with Crippen LogP contribution in [0.2, 0.25) is 0 Å². The van der Waals surface area contributed by atoms with Crippen molar-refractivity contribution in [2.24, 2.45) is 0 Å². The molecule has 4 atom stereocenters. The Hall–Kier alpha value is -1.27. The number of rotatable bonds is 5. The summed E-state index contributed by atoms with van der Waals surface area (Å²) in [4.78, 5) is 4.34. The molecule has 34 heavy (non-hydrogen) atoms. The third-order valence-corrected chi connectivity index (χ3v) is 7.27. The van der Waals surface area contributed by atoms with E-state index < -0.39 is 39.7 Å². The molecule has 7 nitrogen and oxygen atoms in total. The van der Waals surface area contributed by atoms with Crippen molar-refractivity contribution in [1.29, 1.82) is 0 Å². The summed E-state index contributed by atoms with van der Waals surface area (Å²) in [6, 6.07) is 19.5. The van der Waals surface area contributed by atoms with Crippen LogP contribution in [0.5, 0.6) is 0 Å². The molecule has 0 radical (unpaired) electrons. The number of nitrogens with zero attached hydrogens (tertiary/aromatic N) is 1. The van der Waals surface area contributed by atoms with E-state index in [0.717, 1.165) is 21.9 Å². The van der Waals surface area contributed by atoms with Crippen LogP contribution in [-0.4, -0.2) is 47.3 Å². The molecule has 0 spiro atoms. The van der Waals surface area contributed by atoms with Gasteiger partial charge in [0.2, 0.25) is 10.4 Å². The Balaban J connectivity index is 0.00000274. The zero-order chi connectivity index (χ0) is 23.2. The van der Waals surface area contributed by atoms with Crippen LogP contribution >= 0.6 is 11.8 Å². The van der Waals surface area contributed by atoms with Crippen LogP contribution in [0, 0.1) is 0 Å². The maximum Gasteiger partial charge on any atom is 1.00 e. The summed E-state index contributed by atoms with van der Waals surface area (Å²) in [5, 5.41) is 2.22. The van der Waals surface area contributed by atoms with E-state index >= 15 is 0 Å². The van der Waals surface area contributed by atoms with Gasteiger partial charge in [-0.2, -0.15) is 0 Å². The van der Waals surface area contributed by atoms with Crippen LogP contribution in [-0.2, 0) is 24.1 Å². The van der Waals surface area contributed by atoms with E-state index in [0.29, 0.717) is 5.03 Å². The number of pyridine rings is 1. The Morgan fingerprint density at radius 3 is 2.50 bits per heavy atom. The maximum absolute atomic E-state index is 11.7. The van der Waals surface area contributed by atoms with Crippen LogP contribution in [0.1, 0.15) is 19.4 Å². The van der Waals surface area contributed by atoms with Gasteiger partial charge in [0.15, 0.2) is 5.79 Å². The Morgan fingerprint density at radius 1 is 1.03 bits per heavy atom. The topological polar surface area (TPSA) is 97.8 Å². The fourth-order valence-electron chi connectivity index (χ4n) is 4.45. The second kappa shape index (κ2) is 10.0. The molecule has 0 N–H and O–H groups in total. The summed E-state index contributed by atoms with van der Waals surface area (Å²) in [6.45, 7) is 3.52. The number of aromatic nitrogens is 1. The maximum atomic E-state index is 11.7. The van der Waals surface area contributed by atoms with Crippen LogP contribution in [0.15, 0.2) is 78.0 Å². The van der Waals surface area contributed by atoms with E-state index in [1.54, 1.807) is 26.1 Å². The fraction of sp³-hybridized carbons (Fsp3) is 0.292. The molecule has 1 saturated heterocycles. The average molecular weight is 508 g/mol. The Labute approximate surface area is 225 Å². The molecule has 5 rings (SSSR count). The molecular formula is C24H22NNaO6S2. The number of hydrogen-bond acceptors (Lipinski definition) is 8. The largest absolute Gasteiger partial charge is 1.00 e. The van der Waals surface area contributed by atoms with Crippen molar-refractivity contribution in [2.75, 3.05) is 0 Å². The van der Waals surface area contributed by atoms with Crippen molar-refractivity contribution < 1.29 is 56.2 Å². The van der Waals surface area contributed by atoms with Crippen molar-refractivity contribution in [3.05, 3.63) is 78.5 Å². The molecule has 2 aliphatic rings. The number of ether oxygens (including phenoxy) is 2. The number of hydrogen-bond donors (Lipinski definition) is 0.